The van der Waals surface area contributed by atoms with Gasteiger partial charge in [0.2, 0.25) is 0 Å². The average Bonchev–Trinajstić information content (AvgIpc) is 2.15. The molecular weight excluding hydrogens is 189 g/mol. The first-order valence-electron chi connectivity index (χ1n) is 3.68. The Labute approximate surface area is 79.2 Å². The van der Waals surface area contributed by atoms with Crippen LogP contribution in [0.25, 0.3) is 0 Å². The fraction of sp³-hybridized carbons (Fsp3) is 0.111. The summed E-state index contributed by atoms with van der Waals surface area (Å²) in [5.74, 6) is -2.49. The van der Waals surface area contributed by atoms with Crippen molar-refractivity contribution < 1.29 is 19.0 Å². The van der Waals surface area contributed by atoms with Crippen LogP contribution in [-0.4, -0.2) is 17.7 Å². The maximum absolute atomic E-state index is 13.0. The predicted octanol–water partition coefficient (Wildman–Crippen LogP) is 1.43. The number of nitrogens with zero attached hydrogens (tertiary/aromatic N) is 1. The van der Waals surface area contributed by atoms with Crippen LogP contribution < -0.4 is 4.74 Å². The summed E-state index contributed by atoms with van der Waals surface area (Å²) in [5, 5.41) is 16.9. The van der Waals surface area contributed by atoms with E-state index >= 15 is 0 Å². The van der Waals surface area contributed by atoms with Crippen molar-refractivity contribution in [1.29, 1.82) is 5.26 Å². The van der Waals surface area contributed by atoms with Gasteiger partial charge in [0.15, 0.2) is 18.2 Å². The second-order valence-electron chi connectivity index (χ2n) is 2.37. The zero-order chi connectivity index (χ0) is 10.6. The van der Waals surface area contributed by atoms with E-state index in [0.29, 0.717) is 0 Å². The first-order valence-corrected chi connectivity index (χ1v) is 3.68. The maximum atomic E-state index is 13.0. The average molecular weight is 195 g/mol. The van der Waals surface area contributed by atoms with Crippen molar-refractivity contribution in [3.63, 3.8) is 0 Å². The van der Waals surface area contributed by atoms with Gasteiger partial charge in [-0.1, -0.05) is 6.07 Å². The van der Waals surface area contributed by atoms with Gasteiger partial charge in [-0.05, 0) is 12.1 Å². The molecule has 0 fully saturated rings. The summed E-state index contributed by atoms with van der Waals surface area (Å²) in [6.45, 7) is -0.388. The number of carbonyl (C=O) groups is 1. The van der Waals surface area contributed by atoms with E-state index in [9.17, 15) is 9.18 Å². The predicted molar refractivity (Wildman–Crippen MR) is 44.5 cm³/mol. The Morgan fingerprint density at radius 1 is 1.64 bits per heavy atom. The second kappa shape index (κ2) is 4.23. The van der Waals surface area contributed by atoms with Gasteiger partial charge < -0.3 is 9.84 Å². The largest absolute Gasteiger partial charge is 0.478 e. The third kappa shape index (κ3) is 1.98. The summed E-state index contributed by atoms with van der Waals surface area (Å²) in [7, 11) is 0. The molecule has 0 atom stereocenters. The fourth-order valence-corrected chi connectivity index (χ4v) is 0.928. The number of aromatic carboxylic acids is 1. The highest BCUT2D eigenvalue weighted by atomic mass is 19.1. The summed E-state index contributed by atoms with van der Waals surface area (Å²) in [4.78, 5) is 10.6. The molecule has 0 saturated carbocycles. The molecule has 0 amide bonds. The van der Waals surface area contributed by atoms with Crippen molar-refractivity contribution in [2.24, 2.45) is 0 Å². The Bertz CT molecular complexity index is 398. The molecule has 0 saturated heterocycles. The highest BCUT2D eigenvalue weighted by molar-refractivity contribution is 5.90. The molecule has 5 heteroatoms. The van der Waals surface area contributed by atoms with E-state index in [4.69, 9.17) is 10.4 Å². The van der Waals surface area contributed by atoms with Gasteiger partial charge in [0, 0.05) is 0 Å². The summed E-state index contributed by atoms with van der Waals surface area (Å²) in [6.07, 6.45) is 0. The molecule has 1 aromatic rings. The minimum atomic E-state index is -1.29. The highest BCUT2D eigenvalue weighted by Crippen LogP contribution is 2.22. The van der Waals surface area contributed by atoms with E-state index < -0.39 is 17.5 Å². The molecule has 0 unspecified atom stereocenters. The molecule has 14 heavy (non-hydrogen) atoms. The minimum absolute atomic E-state index is 0.291. The van der Waals surface area contributed by atoms with Crippen LogP contribution in [0.3, 0.4) is 0 Å². The van der Waals surface area contributed by atoms with E-state index in [0.717, 1.165) is 6.07 Å². The van der Waals surface area contributed by atoms with Crippen LogP contribution in [-0.2, 0) is 0 Å². The van der Waals surface area contributed by atoms with Crippen molar-refractivity contribution in [1.82, 2.24) is 0 Å². The molecule has 0 aliphatic carbocycles. The van der Waals surface area contributed by atoms with Crippen LogP contribution in [0.2, 0.25) is 0 Å². The monoisotopic (exact) mass is 195 g/mol. The number of carboxylic acids is 1. The van der Waals surface area contributed by atoms with Gasteiger partial charge in [0.25, 0.3) is 0 Å². The van der Waals surface area contributed by atoms with Crippen LogP contribution in [0.4, 0.5) is 4.39 Å². The molecule has 0 aliphatic heterocycles. The summed E-state index contributed by atoms with van der Waals surface area (Å²) in [6, 6.07) is 5.16. The van der Waals surface area contributed by atoms with Crippen molar-refractivity contribution >= 4 is 5.97 Å². The van der Waals surface area contributed by atoms with Crippen LogP contribution in [0.15, 0.2) is 18.2 Å². The van der Waals surface area contributed by atoms with E-state index in [1.54, 1.807) is 6.07 Å². The smallest absolute Gasteiger partial charge is 0.339 e. The maximum Gasteiger partial charge on any atom is 0.339 e. The molecule has 1 rings (SSSR count). The normalized spacial score (nSPS) is 9.14. The molecule has 1 N–H and O–H groups in total. The van der Waals surface area contributed by atoms with Gasteiger partial charge in [-0.15, -0.1) is 0 Å². The van der Waals surface area contributed by atoms with Gasteiger partial charge in [0.05, 0.1) is 0 Å². The lowest BCUT2D eigenvalue weighted by Crippen LogP contribution is -2.05. The zero-order valence-electron chi connectivity index (χ0n) is 7.03. The Kier molecular flexibility index (Phi) is 3.02. The molecule has 72 valence electrons. The highest BCUT2D eigenvalue weighted by Gasteiger charge is 2.15. The molecule has 4 nitrogen and oxygen atoms in total. The minimum Gasteiger partial charge on any atom is -0.478 e. The number of para-hydroxylation sites is 1. The topological polar surface area (TPSA) is 70.3 Å². The number of hydrogen-bond acceptors (Lipinski definition) is 3. The third-order valence-electron chi connectivity index (χ3n) is 1.48. The lowest BCUT2D eigenvalue weighted by molar-refractivity contribution is 0.0691. The Balaban J connectivity index is 3.10. The quantitative estimate of drug-likeness (QED) is 0.791. The SMILES string of the molecule is N#CCOc1c(F)cccc1C(=O)O. The van der Waals surface area contributed by atoms with Gasteiger partial charge in [-0.2, -0.15) is 5.26 Å². The molecule has 0 aromatic heterocycles. The summed E-state index contributed by atoms with van der Waals surface area (Å²) in [5.41, 5.74) is -0.291. The van der Waals surface area contributed by atoms with Gasteiger partial charge in [0.1, 0.15) is 11.6 Å². The number of carboxylic acid groups (broad SMARTS) is 1. The lowest BCUT2D eigenvalue weighted by Gasteiger charge is -2.05. The van der Waals surface area contributed by atoms with E-state index in [-0.39, 0.29) is 12.2 Å². The molecule has 0 bridgehead atoms. The third-order valence-corrected chi connectivity index (χ3v) is 1.48. The molecular formula is C9H6FNO3. The van der Waals surface area contributed by atoms with E-state index in [2.05, 4.69) is 4.74 Å². The Hall–Kier alpha value is -2.09. The number of nitriles is 1. The summed E-state index contributed by atoms with van der Waals surface area (Å²) >= 11 is 0. The number of halogens is 1. The molecule has 0 spiro atoms. The zero-order valence-corrected chi connectivity index (χ0v) is 7.03. The first-order chi connectivity index (χ1) is 6.66. The molecule has 0 radical (unpaired) electrons. The van der Waals surface area contributed by atoms with E-state index in [1.165, 1.54) is 12.1 Å². The molecule has 0 heterocycles. The number of hydrogen-bond donors (Lipinski definition) is 1. The van der Waals surface area contributed by atoms with Gasteiger partial charge >= 0.3 is 5.97 Å². The van der Waals surface area contributed by atoms with Crippen LogP contribution in [0.5, 0.6) is 5.75 Å². The molecule has 1 aromatic carbocycles. The van der Waals surface area contributed by atoms with Crippen LogP contribution >= 0.6 is 0 Å². The number of rotatable bonds is 3. The van der Waals surface area contributed by atoms with Crippen molar-refractivity contribution in [2.75, 3.05) is 6.61 Å². The standard InChI is InChI=1S/C9H6FNO3/c10-7-3-1-2-6(9(12)13)8(7)14-5-4-11/h1-3H,5H2,(H,12,13). The number of benzene rings is 1. The molecule has 0 aliphatic rings. The van der Waals surface area contributed by atoms with Crippen LogP contribution in [0, 0.1) is 17.1 Å². The second-order valence-corrected chi connectivity index (χ2v) is 2.37. The van der Waals surface area contributed by atoms with Gasteiger partial charge in [-0.3, -0.25) is 0 Å². The van der Waals surface area contributed by atoms with Crippen molar-refractivity contribution in [2.45, 2.75) is 0 Å². The van der Waals surface area contributed by atoms with Crippen LogP contribution in [0.1, 0.15) is 10.4 Å². The Morgan fingerprint density at radius 2 is 2.36 bits per heavy atom. The van der Waals surface area contributed by atoms with Crippen molar-refractivity contribution in [3.05, 3.63) is 29.6 Å². The van der Waals surface area contributed by atoms with Crippen molar-refractivity contribution in [3.8, 4) is 11.8 Å². The lowest BCUT2D eigenvalue weighted by atomic mass is 10.2. The summed E-state index contributed by atoms with van der Waals surface area (Å²) < 4.78 is 17.7. The number of ether oxygens (including phenoxy) is 1. The Morgan fingerprint density at radius 3 is 2.93 bits per heavy atom. The first kappa shape index (κ1) is 9.99. The fourth-order valence-electron chi connectivity index (χ4n) is 0.928. The van der Waals surface area contributed by atoms with E-state index in [1.807, 2.05) is 0 Å². The van der Waals surface area contributed by atoms with Gasteiger partial charge in [-0.25, -0.2) is 9.18 Å².